The predicted octanol–water partition coefficient (Wildman–Crippen LogP) is 7.18. The van der Waals surface area contributed by atoms with E-state index in [0.717, 1.165) is 24.3 Å². The molecule has 31 heavy (non-hydrogen) atoms. The molecular formula is C20H10F9NO. The highest BCUT2D eigenvalue weighted by molar-refractivity contribution is 5.72. The van der Waals surface area contributed by atoms with Crippen molar-refractivity contribution in [2.45, 2.75) is 18.5 Å². The zero-order valence-electron chi connectivity index (χ0n) is 15.0. The maximum Gasteiger partial charge on any atom is 0.419 e. The van der Waals surface area contributed by atoms with Gasteiger partial charge in [-0.25, -0.2) is 4.98 Å². The fourth-order valence-corrected chi connectivity index (χ4v) is 2.83. The Labute approximate surface area is 168 Å². The van der Waals surface area contributed by atoms with Crippen LogP contribution in [0.4, 0.5) is 39.5 Å². The number of rotatable bonds is 2. The van der Waals surface area contributed by atoms with Gasteiger partial charge in [-0.05, 0) is 42.5 Å². The molecule has 11 heteroatoms. The molecule has 1 heterocycles. The standard InChI is InChI=1S/C20H10F9NO/c21-18(22,23)11-7-10(8-12(9-11)19(24,25)26)15-5-2-6-16(30-15)13-3-1-4-14(17(13)31)20(27,28)29/h1-9,31H. The lowest BCUT2D eigenvalue weighted by Crippen LogP contribution is -2.11. The number of phenolic OH excluding ortho intramolecular Hbond substituents is 1. The number of halogens is 9. The van der Waals surface area contributed by atoms with Crippen LogP contribution in [-0.4, -0.2) is 10.1 Å². The van der Waals surface area contributed by atoms with Gasteiger partial charge in [-0.15, -0.1) is 0 Å². The molecule has 0 aliphatic rings. The normalized spacial score (nSPS) is 12.8. The van der Waals surface area contributed by atoms with Crippen LogP contribution in [0.25, 0.3) is 22.5 Å². The van der Waals surface area contributed by atoms with Gasteiger partial charge in [0.1, 0.15) is 5.75 Å². The van der Waals surface area contributed by atoms with Gasteiger partial charge < -0.3 is 5.11 Å². The van der Waals surface area contributed by atoms with Crippen LogP contribution in [0.3, 0.4) is 0 Å². The van der Waals surface area contributed by atoms with E-state index >= 15 is 0 Å². The zero-order valence-corrected chi connectivity index (χ0v) is 15.0. The van der Waals surface area contributed by atoms with E-state index in [9.17, 15) is 44.6 Å². The van der Waals surface area contributed by atoms with Crippen molar-refractivity contribution in [2.24, 2.45) is 0 Å². The SMILES string of the molecule is Oc1c(-c2cccc(-c3cc(C(F)(F)F)cc(C(F)(F)F)c3)n2)cccc1C(F)(F)F. The summed E-state index contributed by atoms with van der Waals surface area (Å²) in [4.78, 5) is 3.88. The van der Waals surface area contributed by atoms with Crippen LogP contribution < -0.4 is 0 Å². The summed E-state index contributed by atoms with van der Waals surface area (Å²) in [6.45, 7) is 0. The monoisotopic (exact) mass is 451 g/mol. The number of nitrogens with zero attached hydrogens (tertiary/aromatic N) is 1. The number of phenols is 1. The molecule has 0 bridgehead atoms. The summed E-state index contributed by atoms with van der Waals surface area (Å²) in [7, 11) is 0. The number of benzene rings is 2. The fourth-order valence-electron chi connectivity index (χ4n) is 2.83. The lowest BCUT2D eigenvalue weighted by atomic mass is 10.0. The third kappa shape index (κ3) is 4.75. The van der Waals surface area contributed by atoms with Crippen molar-refractivity contribution in [3.63, 3.8) is 0 Å². The molecule has 0 unspecified atom stereocenters. The first-order chi connectivity index (χ1) is 14.2. The first-order valence-electron chi connectivity index (χ1n) is 8.34. The first-order valence-corrected chi connectivity index (χ1v) is 8.34. The molecule has 0 amide bonds. The molecule has 0 radical (unpaired) electrons. The van der Waals surface area contributed by atoms with E-state index in [1.807, 2.05) is 0 Å². The van der Waals surface area contributed by atoms with Gasteiger partial charge >= 0.3 is 18.5 Å². The van der Waals surface area contributed by atoms with Crippen molar-refractivity contribution >= 4 is 0 Å². The summed E-state index contributed by atoms with van der Waals surface area (Å²) >= 11 is 0. The summed E-state index contributed by atoms with van der Waals surface area (Å²) in [5.74, 6) is -1.17. The number of alkyl halides is 9. The van der Waals surface area contributed by atoms with Crippen LogP contribution in [0.1, 0.15) is 16.7 Å². The lowest BCUT2D eigenvalue weighted by Gasteiger charge is -2.15. The van der Waals surface area contributed by atoms with Gasteiger partial charge in [-0.3, -0.25) is 0 Å². The van der Waals surface area contributed by atoms with Crippen LogP contribution in [-0.2, 0) is 18.5 Å². The van der Waals surface area contributed by atoms with Gasteiger partial charge in [-0.2, -0.15) is 39.5 Å². The Morgan fingerprint density at radius 3 is 1.65 bits per heavy atom. The third-order valence-corrected chi connectivity index (χ3v) is 4.25. The van der Waals surface area contributed by atoms with Gasteiger partial charge in [-0.1, -0.05) is 12.1 Å². The van der Waals surface area contributed by atoms with Crippen molar-refractivity contribution < 1.29 is 44.6 Å². The first kappa shape index (κ1) is 22.4. The molecule has 0 saturated carbocycles. The van der Waals surface area contributed by atoms with E-state index in [1.54, 1.807) is 0 Å². The Kier molecular flexibility index (Phi) is 5.41. The smallest absolute Gasteiger partial charge is 0.419 e. The Bertz CT molecular complexity index is 1080. The lowest BCUT2D eigenvalue weighted by molar-refractivity contribution is -0.143. The molecule has 2 aromatic carbocycles. The molecule has 2 nitrogen and oxygen atoms in total. The van der Waals surface area contributed by atoms with Crippen molar-refractivity contribution in [3.05, 3.63) is 71.3 Å². The van der Waals surface area contributed by atoms with Gasteiger partial charge in [0.15, 0.2) is 0 Å². The molecule has 0 spiro atoms. The third-order valence-electron chi connectivity index (χ3n) is 4.25. The Morgan fingerprint density at radius 2 is 1.13 bits per heavy atom. The van der Waals surface area contributed by atoms with Crippen LogP contribution >= 0.6 is 0 Å². The van der Waals surface area contributed by atoms with Crippen molar-refractivity contribution in [1.29, 1.82) is 0 Å². The van der Waals surface area contributed by atoms with Gasteiger partial charge in [0, 0.05) is 11.1 Å². The molecule has 0 saturated heterocycles. The molecule has 3 aromatic rings. The second-order valence-electron chi connectivity index (χ2n) is 6.40. The largest absolute Gasteiger partial charge is 0.507 e. The highest BCUT2D eigenvalue weighted by Gasteiger charge is 2.37. The van der Waals surface area contributed by atoms with Gasteiger partial charge in [0.05, 0.1) is 28.1 Å². The van der Waals surface area contributed by atoms with Crippen LogP contribution in [0.15, 0.2) is 54.6 Å². The second-order valence-corrected chi connectivity index (χ2v) is 6.40. The summed E-state index contributed by atoms with van der Waals surface area (Å²) in [5, 5.41) is 9.98. The van der Waals surface area contributed by atoms with E-state index in [2.05, 4.69) is 4.98 Å². The Morgan fingerprint density at radius 1 is 0.613 bits per heavy atom. The summed E-state index contributed by atoms with van der Waals surface area (Å²) in [6.07, 6.45) is -15.0. The number of para-hydroxylation sites is 1. The zero-order chi connectivity index (χ0) is 23.2. The predicted molar refractivity (Wildman–Crippen MR) is 91.8 cm³/mol. The molecule has 1 aromatic heterocycles. The average molecular weight is 451 g/mol. The molecule has 0 aliphatic heterocycles. The van der Waals surface area contributed by atoms with Crippen LogP contribution in [0.5, 0.6) is 5.75 Å². The highest BCUT2D eigenvalue weighted by Crippen LogP contribution is 2.42. The molecule has 0 aliphatic carbocycles. The summed E-state index contributed by atoms with van der Waals surface area (Å²) < 4.78 is 117. The maximum atomic E-state index is 13.1. The summed E-state index contributed by atoms with van der Waals surface area (Å²) in [6, 6.07) is 6.99. The minimum atomic E-state index is -5.08. The minimum absolute atomic E-state index is 0.0496. The minimum Gasteiger partial charge on any atom is -0.507 e. The summed E-state index contributed by atoms with van der Waals surface area (Å²) in [5.41, 5.74) is -6.05. The van der Waals surface area contributed by atoms with E-state index in [1.165, 1.54) is 6.07 Å². The van der Waals surface area contributed by atoms with Crippen molar-refractivity contribution in [2.75, 3.05) is 0 Å². The molecule has 3 rings (SSSR count). The molecule has 164 valence electrons. The average Bonchev–Trinajstić information content (AvgIpc) is 2.65. The van der Waals surface area contributed by atoms with Crippen LogP contribution in [0, 0.1) is 0 Å². The van der Waals surface area contributed by atoms with E-state index < -0.39 is 46.5 Å². The number of pyridine rings is 1. The van der Waals surface area contributed by atoms with Crippen molar-refractivity contribution in [3.8, 4) is 28.3 Å². The highest BCUT2D eigenvalue weighted by atomic mass is 19.4. The topological polar surface area (TPSA) is 33.1 Å². The van der Waals surface area contributed by atoms with E-state index in [-0.39, 0.29) is 23.0 Å². The molecule has 1 N–H and O–H groups in total. The quantitative estimate of drug-likeness (QED) is 0.419. The number of aromatic hydroxyl groups is 1. The molecular weight excluding hydrogens is 441 g/mol. The van der Waals surface area contributed by atoms with Gasteiger partial charge in [0.25, 0.3) is 0 Å². The van der Waals surface area contributed by atoms with E-state index in [0.29, 0.717) is 18.2 Å². The van der Waals surface area contributed by atoms with Gasteiger partial charge in [0.2, 0.25) is 0 Å². The fraction of sp³-hybridized carbons (Fsp3) is 0.150. The molecule has 0 fully saturated rings. The number of hydrogen-bond donors (Lipinski definition) is 1. The van der Waals surface area contributed by atoms with Crippen molar-refractivity contribution in [1.82, 2.24) is 4.98 Å². The van der Waals surface area contributed by atoms with Crippen LogP contribution in [0.2, 0.25) is 0 Å². The maximum absolute atomic E-state index is 13.1. The second kappa shape index (κ2) is 7.47. The number of aromatic nitrogens is 1. The molecule has 0 atom stereocenters. The Hall–Kier alpha value is -3.24. The van der Waals surface area contributed by atoms with E-state index in [4.69, 9.17) is 0 Å². The number of hydrogen-bond acceptors (Lipinski definition) is 2. The Balaban J connectivity index is 2.18.